The third kappa shape index (κ3) is 4.09. The number of nitrogens with two attached hydrogens (primary N) is 1. The fourth-order valence-electron chi connectivity index (χ4n) is 1.82. The molecule has 2 aromatic rings. The van der Waals surface area contributed by atoms with Gasteiger partial charge in [-0.3, -0.25) is 4.68 Å². The van der Waals surface area contributed by atoms with Gasteiger partial charge in [0.2, 0.25) is 0 Å². The largest absolute Gasteiger partial charge is 0.370 e. The molecule has 8 heteroatoms. The van der Waals surface area contributed by atoms with Gasteiger partial charge in [-0.05, 0) is 24.6 Å². The van der Waals surface area contributed by atoms with Crippen LogP contribution in [0.3, 0.4) is 0 Å². The summed E-state index contributed by atoms with van der Waals surface area (Å²) in [5, 5.41) is 11.9. The van der Waals surface area contributed by atoms with Gasteiger partial charge in [0.1, 0.15) is 0 Å². The standard InChI is InChI=1S/C13H16Cl2N6/c1-8(11-4-3-9(14)5-12(11)15)19-13(16)17-6-10-7-18-20-21(10)2/h3-5,7-8H,6H2,1-2H3,(H3,16,17,19). The molecule has 3 N–H and O–H groups in total. The zero-order valence-electron chi connectivity index (χ0n) is 11.7. The lowest BCUT2D eigenvalue weighted by molar-refractivity contribution is 0.672. The Hall–Kier alpha value is -1.79. The monoisotopic (exact) mass is 326 g/mol. The van der Waals surface area contributed by atoms with Crippen molar-refractivity contribution >= 4 is 29.2 Å². The van der Waals surface area contributed by atoms with E-state index < -0.39 is 0 Å². The first-order valence-corrected chi connectivity index (χ1v) is 7.08. The van der Waals surface area contributed by atoms with Crippen molar-refractivity contribution in [3.05, 3.63) is 45.7 Å². The van der Waals surface area contributed by atoms with Crippen molar-refractivity contribution in [2.75, 3.05) is 0 Å². The van der Waals surface area contributed by atoms with E-state index in [-0.39, 0.29) is 6.04 Å². The van der Waals surface area contributed by atoms with Crippen LogP contribution in [0.5, 0.6) is 0 Å². The number of benzene rings is 1. The number of rotatable bonds is 4. The van der Waals surface area contributed by atoms with Crippen LogP contribution in [0.15, 0.2) is 29.4 Å². The van der Waals surface area contributed by atoms with E-state index in [1.165, 1.54) is 0 Å². The van der Waals surface area contributed by atoms with Gasteiger partial charge in [0.15, 0.2) is 5.96 Å². The topological polar surface area (TPSA) is 81.1 Å². The predicted octanol–water partition coefficient (Wildman–Crippen LogP) is 2.29. The Morgan fingerprint density at radius 3 is 2.86 bits per heavy atom. The minimum atomic E-state index is -0.0804. The summed E-state index contributed by atoms with van der Waals surface area (Å²) < 4.78 is 1.65. The minimum absolute atomic E-state index is 0.0804. The molecule has 0 fully saturated rings. The van der Waals surface area contributed by atoms with Crippen LogP contribution < -0.4 is 11.1 Å². The number of nitrogens with one attached hydrogen (secondary N) is 1. The third-order valence-corrected chi connectivity index (χ3v) is 3.58. The normalized spacial score (nSPS) is 13.2. The van der Waals surface area contributed by atoms with Gasteiger partial charge >= 0.3 is 0 Å². The molecular weight excluding hydrogens is 311 g/mol. The van der Waals surface area contributed by atoms with E-state index in [9.17, 15) is 0 Å². The van der Waals surface area contributed by atoms with E-state index in [1.807, 2.05) is 13.0 Å². The second kappa shape index (κ2) is 6.78. The third-order valence-electron chi connectivity index (χ3n) is 3.01. The molecule has 112 valence electrons. The first-order chi connectivity index (χ1) is 9.97. The van der Waals surface area contributed by atoms with Crippen molar-refractivity contribution in [2.45, 2.75) is 19.5 Å². The highest BCUT2D eigenvalue weighted by Gasteiger charge is 2.10. The maximum atomic E-state index is 6.16. The quantitative estimate of drug-likeness (QED) is 0.667. The molecule has 0 aliphatic carbocycles. The van der Waals surface area contributed by atoms with Gasteiger partial charge in [0, 0.05) is 17.1 Å². The van der Waals surface area contributed by atoms with Crippen molar-refractivity contribution in [3.63, 3.8) is 0 Å². The number of aromatic nitrogens is 3. The summed E-state index contributed by atoms with van der Waals surface area (Å²) in [6.45, 7) is 2.35. The second-order valence-corrected chi connectivity index (χ2v) is 5.43. The van der Waals surface area contributed by atoms with Crippen molar-refractivity contribution in [2.24, 2.45) is 17.8 Å². The molecule has 0 spiro atoms. The Kier molecular flexibility index (Phi) is 5.03. The Morgan fingerprint density at radius 2 is 2.24 bits per heavy atom. The average molecular weight is 327 g/mol. The van der Waals surface area contributed by atoms with Crippen LogP contribution in [-0.2, 0) is 13.6 Å². The fourth-order valence-corrected chi connectivity index (χ4v) is 2.39. The summed E-state index contributed by atoms with van der Waals surface area (Å²) in [6.07, 6.45) is 1.65. The number of halogens is 2. The van der Waals surface area contributed by atoms with Crippen molar-refractivity contribution in [1.82, 2.24) is 20.3 Å². The van der Waals surface area contributed by atoms with Crippen LogP contribution in [-0.4, -0.2) is 21.0 Å². The Bertz CT molecular complexity index is 652. The molecule has 0 aliphatic heterocycles. The molecule has 1 atom stereocenters. The Morgan fingerprint density at radius 1 is 1.48 bits per heavy atom. The number of aliphatic imine (C=N–C) groups is 1. The molecule has 21 heavy (non-hydrogen) atoms. The van der Waals surface area contributed by atoms with Crippen molar-refractivity contribution in [1.29, 1.82) is 0 Å². The molecule has 2 rings (SSSR count). The lowest BCUT2D eigenvalue weighted by Gasteiger charge is -2.16. The van der Waals surface area contributed by atoms with E-state index in [0.717, 1.165) is 11.3 Å². The number of hydrogen-bond acceptors (Lipinski definition) is 3. The Labute approximate surface area is 133 Å². The van der Waals surface area contributed by atoms with Crippen LogP contribution in [0.4, 0.5) is 0 Å². The van der Waals surface area contributed by atoms with Gasteiger partial charge in [-0.25, -0.2) is 4.99 Å². The van der Waals surface area contributed by atoms with Gasteiger partial charge < -0.3 is 11.1 Å². The SMILES string of the molecule is CC(NC(N)=NCc1cnnn1C)c1ccc(Cl)cc1Cl. The summed E-state index contributed by atoms with van der Waals surface area (Å²) in [5.41, 5.74) is 7.65. The van der Waals surface area contributed by atoms with Gasteiger partial charge in [0.05, 0.1) is 24.5 Å². The summed E-state index contributed by atoms with van der Waals surface area (Å²) in [7, 11) is 1.80. The molecule has 0 aliphatic rings. The molecule has 1 aromatic heterocycles. The smallest absolute Gasteiger partial charge is 0.189 e. The van der Waals surface area contributed by atoms with Crippen LogP contribution in [0.1, 0.15) is 24.2 Å². The molecule has 6 nitrogen and oxygen atoms in total. The zero-order chi connectivity index (χ0) is 15.4. The van der Waals surface area contributed by atoms with Crippen LogP contribution in [0.2, 0.25) is 10.0 Å². The highest BCUT2D eigenvalue weighted by molar-refractivity contribution is 6.35. The maximum Gasteiger partial charge on any atom is 0.189 e. The lowest BCUT2D eigenvalue weighted by atomic mass is 10.1. The Balaban J connectivity index is 2.01. The number of nitrogens with zero attached hydrogens (tertiary/aromatic N) is 4. The van der Waals surface area contributed by atoms with E-state index >= 15 is 0 Å². The molecule has 0 bridgehead atoms. The zero-order valence-corrected chi connectivity index (χ0v) is 13.2. The molecule has 0 amide bonds. The van der Waals surface area contributed by atoms with Crippen molar-refractivity contribution < 1.29 is 0 Å². The lowest BCUT2D eigenvalue weighted by Crippen LogP contribution is -2.34. The van der Waals surface area contributed by atoms with E-state index in [4.69, 9.17) is 28.9 Å². The van der Waals surface area contributed by atoms with E-state index in [1.54, 1.807) is 30.1 Å². The summed E-state index contributed by atoms with van der Waals surface area (Å²) in [4.78, 5) is 4.25. The molecule has 1 heterocycles. The highest BCUT2D eigenvalue weighted by Crippen LogP contribution is 2.25. The van der Waals surface area contributed by atoms with Crippen molar-refractivity contribution in [3.8, 4) is 0 Å². The average Bonchev–Trinajstić information content (AvgIpc) is 2.81. The molecule has 1 unspecified atom stereocenters. The summed E-state index contributed by atoms with van der Waals surface area (Å²) in [6, 6.07) is 5.27. The van der Waals surface area contributed by atoms with Crippen LogP contribution >= 0.6 is 23.2 Å². The number of aryl methyl sites for hydroxylation is 1. The van der Waals surface area contributed by atoms with Gasteiger partial charge in [0.25, 0.3) is 0 Å². The molecule has 0 saturated heterocycles. The molecular formula is C13H16Cl2N6. The van der Waals surface area contributed by atoms with E-state index in [0.29, 0.717) is 22.5 Å². The highest BCUT2D eigenvalue weighted by atomic mass is 35.5. The van der Waals surface area contributed by atoms with Gasteiger partial charge in [-0.1, -0.05) is 34.5 Å². The number of guanidine groups is 1. The molecule has 0 radical (unpaired) electrons. The first kappa shape index (κ1) is 15.6. The second-order valence-electron chi connectivity index (χ2n) is 4.58. The predicted molar refractivity (Wildman–Crippen MR) is 84.3 cm³/mol. The molecule has 0 saturated carbocycles. The van der Waals surface area contributed by atoms with E-state index in [2.05, 4.69) is 20.6 Å². The summed E-state index contributed by atoms with van der Waals surface area (Å²) in [5.74, 6) is 0.328. The van der Waals surface area contributed by atoms with Gasteiger partial charge in [-0.2, -0.15) is 0 Å². The van der Waals surface area contributed by atoms with Crippen LogP contribution in [0.25, 0.3) is 0 Å². The first-order valence-electron chi connectivity index (χ1n) is 6.32. The maximum absolute atomic E-state index is 6.16. The summed E-state index contributed by atoms with van der Waals surface area (Å²) >= 11 is 12.0. The molecule has 1 aromatic carbocycles. The minimum Gasteiger partial charge on any atom is -0.370 e. The fraction of sp³-hybridized carbons (Fsp3) is 0.308. The van der Waals surface area contributed by atoms with Crippen LogP contribution in [0, 0.1) is 0 Å². The number of hydrogen-bond donors (Lipinski definition) is 2. The van der Waals surface area contributed by atoms with Gasteiger partial charge in [-0.15, -0.1) is 5.10 Å².